The maximum Gasteiger partial charge on any atom is 0.325 e. The molecule has 1 aliphatic carbocycles. The molecule has 2 N–H and O–H groups in total. The molecule has 0 unspecified atom stereocenters. The Balaban J connectivity index is 1.81. The molecule has 6 heteroatoms. The zero-order valence-corrected chi connectivity index (χ0v) is 14.5. The van der Waals surface area contributed by atoms with Crippen molar-refractivity contribution in [3.63, 3.8) is 0 Å². The molecular weight excluding hydrogens is 294 g/mol. The zero-order chi connectivity index (χ0) is 17.0. The van der Waals surface area contributed by atoms with Gasteiger partial charge in [-0.25, -0.2) is 4.79 Å². The number of urea groups is 1. The molecule has 0 radical (unpaired) electrons. The second-order valence-corrected chi connectivity index (χ2v) is 7.40. The molecule has 2 fully saturated rings. The van der Waals surface area contributed by atoms with Crippen LogP contribution in [-0.4, -0.2) is 40.9 Å². The van der Waals surface area contributed by atoms with Crippen molar-refractivity contribution in [2.45, 2.75) is 77.3 Å². The number of rotatable bonds is 7. The summed E-state index contributed by atoms with van der Waals surface area (Å²) in [6.45, 7) is 6.14. The van der Waals surface area contributed by atoms with Crippen molar-refractivity contribution in [3.8, 4) is 0 Å². The highest BCUT2D eigenvalue weighted by molar-refractivity contribution is 6.09. The van der Waals surface area contributed by atoms with Gasteiger partial charge in [0.15, 0.2) is 0 Å². The fraction of sp³-hybridized carbons (Fsp3) is 0.824. The Kier molecular flexibility index (Phi) is 5.65. The second kappa shape index (κ2) is 7.32. The number of imide groups is 1. The smallest absolute Gasteiger partial charge is 0.325 e. The van der Waals surface area contributed by atoms with Gasteiger partial charge in [-0.3, -0.25) is 14.5 Å². The van der Waals surface area contributed by atoms with E-state index in [1.165, 1.54) is 0 Å². The van der Waals surface area contributed by atoms with Crippen LogP contribution in [0.3, 0.4) is 0 Å². The topological polar surface area (TPSA) is 78.5 Å². The molecule has 0 aromatic rings. The highest BCUT2D eigenvalue weighted by Gasteiger charge is 2.52. The van der Waals surface area contributed by atoms with Crippen LogP contribution in [0.1, 0.15) is 65.7 Å². The van der Waals surface area contributed by atoms with E-state index in [0.29, 0.717) is 18.8 Å². The molecule has 1 atom stereocenters. The fourth-order valence-electron chi connectivity index (χ4n) is 3.51. The van der Waals surface area contributed by atoms with Crippen molar-refractivity contribution in [1.29, 1.82) is 0 Å². The van der Waals surface area contributed by atoms with Gasteiger partial charge in [-0.1, -0.05) is 39.5 Å². The molecule has 130 valence electrons. The van der Waals surface area contributed by atoms with E-state index in [1.54, 1.807) is 0 Å². The SMILES string of the molecule is CC(C)CCC[C@@H](C)NC(=O)CN1C(=O)NC2(CCCC2)C1=O. The Bertz CT molecular complexity index is 470. The number of nitrogens with one attached hydrogen (secondary N) is 2. The number of amides is 4. The summed E-state index contributed by atoms with van der Waals surface area (Å²) in [6, 6.07) is -0.373. The minimum Gasteiger partial charge on any atom is -0.352 e. The lowest BCUT2D eigenvalue weighted by Crippen LogP contribution is -2.46. The normalized spacial score (nSPS) is 21.1. The average Bonchev–Trinajstić information content (AvgIpc) is 3.00. The van der Waals surface area contributed by atoms with Crippen LogP contribution in [0.4, 0.5) is 4.79 Å². The monoisotopic (exact) mass is 323 g/mol. The maximum atomic E-state index is 12.5. The summed E-state index contributed by atoms with van der Waals surface area (Å²) in [5.74, 6) is 0.162. The quantitative estimate of drug-likeness (QED) is 0.705. The summed E-state index contributed by atoms with van der Waals surface area (Å²) in [4.78, 5) is 37.7. The van der Waals surface area contributed by atoms with E-state index in [-0.39, 0.29) is 24.4 Å². The molecule has 23 heavy (non-hydrogen) atoms. The van der Waals surface area contributed by atoms with Crippen LogP contribution in [0, 0.1) is 5.92 Å². The Labute approximate surface area is 138 Å². The van der Waals surface area contributed by atoms with Crippen LogP contribution in [0.5, 0.6) is 0 Å². The van der Waals surface area contributed by atoms with E-state index in [4.69, 9.17) is 0 Å². The minimum atomic E-state index is -0.736. The highest BCUT2D eigenvalue weighted by atomic mass is 16.2. The van der Waals surface area contributed by atoms with Gasteiger partial charge in [0.25, 0.3) is 5.91 Å². The molecule has 1 saturated heterocycles. The average molecular weight is 323 g/mol. The Morgan fingerprint density at radius 1 is 1.22 bits per heavy atom. The van der Waals surface area contributed by atoms with Crippen LogP contribution in [0.25, 0.3) is 0 Å². The van der Waals surface area contributed by atoms with Gasteiger partial charge in [-0.05, 0) is 32.1 Å². The van der Waals surface area contributed by atoms with Crippen LogP contribution < -0.4 is 10.6 Å². The summed E-state index contributed by atoms with van der Waals surface area (Å²) >= 11 is 0. The van der Waals surface area contributed by atoms with Gasteiger partial charge < -0.3 is 10.6 Å². The molecule has 0 aromatic carbocycles. The number of hydrogen-bond donors (Lipinski definition) is 2. The summed E-state index contributed by atoms with van der Waals surface area (Å²) in [5.41, 5.74) is -0.736. The van der Waals surface area contributed by atoms with Crippen LogP contribution in [-0.2, 0) is 9.59 Å². The Hall–Kier alpha value is -1.59. The first-order chi connectivity index (χ1) is 10.8. The Morgan fingerprint density at radius 3 is 2.48 bits per heavy atom. The third kappa shape index (κ3) is 4.24. The van der Waals surface area contributed by atoms with Gasteiger partial charge in [0.2, 0.25) is 5.91 Å². The molecule has 1 aliphatic heterocycles. The lowest BCUT2D eigenvalue weighted by atomic mass is 9.98. The molecule has 0 aromatic heterocycles. The van der Waals surface area contributed by atoms with Crippen LogP contribution in [0.15, 0.2) is 0 Å². The van der Waals surface area contributed by atoms with Gasteiger partial charge in [-0.2, -0.15) is 0 Å². The first-order valence-electron chi connectivity index (χ1n) is 8.77. The molecule has 6 nitrogen and oxygen atoms in total. The summed E-state index contributed by atoms with van der Waals surface area (Å²) in [7, 11) is 0. The molecule has 0 bridgehead atoms. The highest BCUT2D eigenvalue weighted by Crippen LogP contribution is 2.34. The number of carbonyl (C=O) groups is 3. The maximum absolute atomic E-state index is 12.5. The number of hydrogen-bond acceptors (Lipinski definition) is 3. The first-order valence-corrected chi connectivity index (χ1v) is 8.77. The van der Waals surface area contributed by atoms with E-state index in [2.05, 4.69) is 24.5 Å². The molecule has 2 aliphatic rings. The Morgan fingerprint density at radius 2 is 1.87 bits per heavy atom. The lowest BCUT2D eigenvalue weighted by Gasteiger charge is -2.20. The van der Waals surface area contributed by atoms with E-state index in [0.717, 1.165) is 37.0 Å². The van der Waals surface area contributed by atoms with E-state index in [9.17, 15) is 14.4 Å². The number of nitrogens with zero attached hydrogens (tertiary/aromatic N) is 1. The lowest BCUT2D eigenvalue weighted by molar-refractivity contribution is -0.135. The van der Waals surface area contributed by atoms with Crippen molar-refractivity contribution < 1.29 is 14.4 Å². The van der Waals surface area contributed by atoms with Crippen LogP contribution in [0.2, 0.25) is 0 Å². The standard InChI is InChI=1S/C17H29N3O3/c1-12(2)7-6-8-13(3)18-14(21)11-20-15(22)17(19-16(20)23)9-4-5-10-17/h12-13H,4-11H2,1-3H3,(H,18,21)(H,19,23)/t13-/m1/s1. The predicted molar refractivity (Wildman–Crippen MR) is 87.7 cm³/mol. The predicted octanol–water partition coefficient (Wildman–Crippen LogP) is 2.18. The third-order valence-corrected chi connectivity index (χ3v) is 4.83. The third-order valence-electron chi connectivity index (χ3n) is 4.83. The van der Waals surface area contributed by atoms with Gasteiger partial charge in [0.05, 0.1) is 0 Å². The largest absolute Gasteiger partial charge is 0.352 e. The van der Waals surface area contributed by atoms with Crippen molar-refractivity contribution in [1.82, 2.24) is 15.5 Å². The molecule has 1 heterocycles. The van der Waals surface area contributed by atoms with Crippen molar-refractivity contribution in [2.75, 3.05) is 6.54 Å². The molecule has 4 amide bonds. The van der Waals surface area contributed by atoms with Crippen molar-refractivity contribution in [3.05, 3.63) is 0 Å². The van der Waals surface area contributed by atoms with Gasteiger partial charge in [0.1, 0.15) is 12.1 Å². The zero-order valence-electron chi connectivity index (χ0n) is 14.5. The molecule has 2 rings (SSSR count). The molecule has 1 saturated carbocycles. The van der Waals surface area contributed by atoms with Crippen LogP contribution >= 0.6 is 0 Å². The van der Waals surface area contributed by atoms with E-state index >= 15 is 0 Å². The van der Waals surface area contributed by atoms with Crippen molar-refractivity contribution >= 4 is 17.8 Å². The number of carbonyl (C=O) groups excluding carboxylic acids is 3. The van der Waals surface area contributed by atoms with Gasteiger partial charge in [-0.15, -0.1) is 0 Å². The summed E-state index contributed by atoms with van der Waals surface area (Å²) in [5, 5.41) is 5.68. The summed E-state index contributed by atoms with van der Waals surface area (Å²) in [6.07, 6.45) is 6.36. The van der Waals surface area contributed by atoms with Gasteiger partial charge >= 0.3 is 6.03 Å². The van der Waals surface area contributed by atoms with Gasteiger partial charge in [0, 0.05) is 6.04 Å². The fourth-order valence-corrected chi connectivity index (χ4v) is 3.51. The second-order valence-electron chi connectivity index (χ2n) is 7.40. The minimum absolute atomic E-state index is 0.0578. The molecular formula is C17H29N3O3. The summed E-state index contributed by atoms with van der Waals surface area (Å²) < 4.78 is 0. The van der Waals surface area contributed by atoms with E-state index < -0.39 is 11.6 Å². The first kappa shape index (κ1) is 17.8. The van der Waals surface area contributed by atoms with E-state index in [1.807, 2.05) is 6.92 Å². The van der Waals surface area contributed by atoms with Crippen molar-refractivity contribution in [2.24, 2.45) is 5.92 Å². The molecule has 1 spiro atoms.